The van der Waals surface area contributed by atoms with Crippen molar-refractivity contribution in [2.75, 3.05) is 6.54 Å². The maximum atomic E-state index is 11.8. The molecule has 0 bridgehead atoms. The van der Waals surface area contributed by atoms with E-state index in [1.807, 2.05) is 19.9 Å². The lowest BCUT2D eigenvalue weighted by atomic mass is 10.2. The van der Waals surface area contributed by atoms with E-state index in [1.165, 1.54) is 0 Å². The molecule has 1 N–H and O–H groups in total. The summed E-state index contributed by atoms with van der Waals surface area (Å²) in [5.41, 5.74) is 0.925. The van der Waals surface area contributed by atoms with Crippen LogP contribution in [0.2, 0.25) is 0 Å². The molecular weight excluding hydrogens is 246 g/mol. The monoisotopic (exact) mass is 261 g/mol. The Morgan fingerprint density at radius 1 is 1.44 bits per heavy atom. The van der Waals surface area contributed by atoms with Crippen LogP contribution in [0.1, 0.15) is 18.9 Å². The van der Waals surface area contributed by atoms with Crippen molar-refractivity contribution in [1.82, 2.24) is 4.72 Å². The molecule has 0 aromatic heterocycles. The van der Waals surface area contributed by atoms with E-state index in [9.17, 15) is 8.42 Å². The lowest BCUT2D eigenvalue weighted by Gasteiger charge is -2.07. The molecule has 0 aliphatic rings. The molecular formula is C11H16ClNO2S. The Morgan fingerprint density at radius 3 is 2.69 bits per heavy atom. The normalized spacial score (nSPS) is 13.7. The zero-order valence-corrected chi connectivity index (χ0v) is 11.0. The first-order valence-electron chi connectivity index (χ1n) is 5.12. The molecule has 3 nitrogen and oxygen atoms in total. The molecule has 0 saturated carbocycles. The van der Waals surface area contributed by atoms with Crippen molar-refractivity contribution in [3.05, 3.63) is 29.8 Å². The van der Waals surface area contributed by atoms with Crippen molar-refractivity contribution in [2.45, 2.75) is 30.5 Å². The zero-order valence-electron chi connectivity index (χ0n) is 9.40. The summed E-state index contributed by atoms with van der Waals surface area (Å²) in [6.07, 6.45) is 0.618. The maximum absolute atomic E-state index is 11.8. The standard InChI is InChI=1S/C11H16ClNO2S/c1-9-4-3-5-11(8-9)16(14,15)13-7-6-10(2)12/h3-5,8,10,13H,6-7H2,1-2H3. The highest BCUT2D eigenvalue weighted by Crippen LogP contribution is 2.10. The van der Waals surface area contributed by atoms with Gasteiger partial charge in [-0.25, -0.2) is 13.1 Å². The number of halogens is 1. The SMILES string of the molecule is Cc1cccc(S(=O)(=O)NCCC(C)Cl)c1. The Balaban J connectivity index is 2.71. The first kappa shape index (κ1) is 13.5. The van der Waals surface area contributed by atoms with E-state index < -0.39 is 10.0 Å². The molecule has 1 atom stereocenters. The molecule has 16 heavy (non-hydrogen) atoms. The molecule has 90 valence electrons. The molecule has 1 aromatic carbocycles. The summed E-state index contributed by atoms with van der Waals surface area (Å²) >= 11 is 5.74. The quantitative estimate of drug-likeness (QED) is 0.827. The lowest BCUT2D eigenvalue weighted by Crippen LogP contribution is -2.26. The van der Waals surface area contributed by atoms with Gasteiger partial charge in [0.25, 0.3) is 0 Å². The molecule has 0 aliphatic heterocycles. The van der Waals surface area contributed by atoms with E-state index in [1.54, 1.807) is 18.2 Å². The van der Waals surface area contributed by atoms with Crippen LogP contribution in [0.4, 0.5) is 0 Å². The summed E-state index contributed by atoms with van der Waals surface area (Å²) in [6, 6.07) is 6.82. The van der Waals surface area contributed by atoms with Crippen molar-refractivity contribution in [1.29, 1.82) is 0 Å². The zero-order chi connectivity index (χ0) is 12.2. The van der Waals surface area contributed by atoms with Crippen LogP contribution >= 0.6 is 11.6 Å². The van der Waals surface area contributed by atoms with Gasteiger partial charge in [0.2, 0.25) is 10.0 Å². The minimum absolute atomic E-state index is 0.0276. The van der Waals surface area contributed by atoms with E-state index in [0.29, 0.717) is 17.9 Å². The van der Waals surface area contributed by atoms with Crippen LogP contribution in [-0.2, 0) is 10.0 Å². The largest absolute Gasteiger partial charge is 0.240 e. The second-order valence-electron chi connectivity index (χ2n) is 3.78. The highest BCUT2D eigenvalue weighted by atomic mass is 35.5. The third kappa shape index (κ3) is 4.12. The Morgan fingerprint density at radius 2 is 2.12 bits per heavy atom. The minimum atomic E-state index is -3.39. The Kier molecular flexibility index (Phi) is 4.77. The second-order valence-corrected chi connectivity index (χ2v) is 6.30. The third-order valence-electron chi connectivity index (χ3n) is 2.13. The molecule has 0 saturated heterocycles. The number of aryl methyl sites for hydroxylation is 1. The van der Waals surface area contributed by atoms with Crippen LogP contribution in [0.3, 0.4) is 0 Å². The number of sulfonamides is 1. The van der Waals surface area contributed by atoms with Crippen molar-refractivity contribution in [2.24, 2.45) is 0 Å². The molecule has 1 aromatic rings. The molecule has 1 unspecified atom stereocenters. The molecule has 0 aliphatic carbocycles. The summed E-state index contributed by atoms with van der Waals surface area (Å²) in [6.45, 7) is 4.06. The maximum Gasteiger partial charge on any atom is 0.240 e. The van der Waals surface area contributed by atoms with Gasteiger partial charge in [-0.2, -0.15) is 0 Å². The first-order chi connectivity index (χ1) is 7.42. The van der Waals surface area contributed by atoms with Crippen molar-refractivity contribution in [3.8, 4) is 0 Å². The summed E-state index contributed by atoms with van der Waals surface area (Å²) in [5.74, 6) is 0. The van der Waals surface area contributed by atoms with Crippen molar-refractivity contribution < 1.29 is 8.42 Å². The molecule has 0 spiro atoms. The topological polar surface area (TPSA) is 46.2 Å². The molecule has 5 heteroatoms. The van der Waals surface area contributed by atoms with Gasteiger partial charge in [-0.3, -0.25) is 0 Å². The lowest BCUT2D eigenvalue weighted by molar-refractivity contribution is 0.578. The highest BCUT2D eigenvalue weighted by Gasteiger charge is 2.13. The van der Waals surface area contributed by atoms with Crippen LogP contribution in [0.5, 0.6) is 0 Å². The van der Waals surface area contributed by atoms with Crippen LogP contribution < -0.4 is 4.72 Å². The summed E-state index contributed by atoms with van der Waals surface area (Å²) in [7, 11) is -3.39. The highest BCUT2D eigenvalue weighted by molar-refractivity contribution is 7.89. The minimum Gasteiger partial charge on any atom is -0.211 e. The number of alkyl halides is 1. The van der Waals surface area contributed by atoms with Gasteiger partial charge in [0.1, 0.15) is 0 Å². The van der Waals surface area contributed by atoms with Crippen LogP contribution in [0, 0.1) is 6.92 Å². The predicted molar refractivity (Wildman–Crippen MR) is 66.3 cm³/mol. The fraction of sp³-hybridized carbons (Fsp3) is 0.455. The molecule has 1 rings (SSSR count). The first-order valence-corrected chi connectivity index (χ1v) is 7.04. The van der Waals surface area contributed by atoms with E-state index in [0.717, 1.165) is 5.56 Å². The van der Waals surface area contributed by atoms with E-state index in [4.69, 9.17) is 11.6 Å². The van der Waals surface area contributed by atoms with Gasteiger partial charge in [-0.15, -0.1) is 11.6 Å². The van der Waals surface area contributed by atoms with Gasteiger partial charge in [0, 0.05) is 11.9 Å². The molecule has 0 radical (unpaired) electrons. The van der Waals surface area contributed by atoms with Crippen molar-refractivity contribution in [3.63, 3.8) is 0 Å². The number of rotatable bonds is 5. The van der Waals surface area contributed by atoms with Crippen LogP contribution in [0.15, 0.2) is 29.2 Å². The van der Waals surface area contributed by atoms with Gasteiger partial charge >= 0.3 is 0 Å². The Hall–Kier alpha value is -0.580. The van der Waals surface area contributed by atoms with E-state index in [2.05, 4.69) is 4.72 Å². The van der Waals surface area contributed by atoms with Gasteiger partial charge in [-0.1, -0.05) is 12.1 Å². The molecule has 0 fully saturated rings. The van der Waals surface area contributed by atoms with E-state index >= 15 is 0 Å². The number of benzene rings is 1. The summed E-state index contributed by atoms with van der Waals surface area (Å²) in [5, 5.41) is -0.0276. The van der Waals surface area contributed by atoms with Gasteiger partial charge in [-0.05, 0) is 38.0 Å². The summed E-state index contributed by atoms with van der Waals surface area (Å²) < 4.78 is 26.1. The summed E-state index contributed by atoms with van der Waals surface area (Å²) in [4.78, 5) is 0.301. The van der Waals surface area contributed by atoms with Gasteiger partial charge in [0.15, 0.2) is 0 Å². The van der Waals surface area contributed by atoms with Crippen LogP contribution in [-0.4, -0.2) is 20.3 Å². The number of hydrogen-bond acceptors (Lipinski definition) is 2. The average molecular weight is 262 g/mol. The second kappa shape index (κ2) is 5.66. The molecule has 0 heterocycles. The van der Waals surface area contributed by atoms with Gasteiger partial charge in [0.05, 0.1) is 4.90 Å². The fourth-order valence-electron chi connectivity index (χ4n) is 1.26. The van der Waals surface area contributed by atoms with Gasteiger partial charge < -0.3 is 0 Å². The van der Waals surface area contributed by atoms with E-state index in [-0.39, 0.29) is 5.38 Å². The third-order valence-corrected chi connectivity index (χ3v) is 3.81. The molecule has 0 amide bonds. The van der Waals surface area contributed by atoms with Crippen LogP contribution in [0.25, 0.3) is 0 Å². The Bertz CT molecular complexity index is 443. The number of nitrogens with one attached hydrogen (secondary N) is 1. The Labute approximate surface area is 102 Å². The smallest absolute Gasteiger partial charge is 0.211 e. The van der Waals surface area contributed by atoms with Crippen molar-refractivity contribution >= 4 is 21.6 Å². The fourth-order valence-corrected chi connectivity index (χ4v) is 2.52. The number of hydrogen-bond donors (Lipinski definition) is 1. The average Bonchev–Trinajstić information content (AvgIpc) is 2.16. The predicted octanol–water partition coefficient (Wildman–Crippen LogP) is 2.29.